The average Bonchev–Trinajstić information content (AvgIpc) is 2.76. The summed E-state index contributed by atoms with van der Waals surface area (Å²) in [6.07, 6.45) is 6.49. The van der Waals surface area contributed by atoms with Crippen molar-refractivity contribution < 1.29 is 14.0 Å². The molecule has 7 heteroatoms. The van der Waals surface area contributed by atoms with Crippen LogP contribution in [0.4, 0.5) is 10.1 Å². The molecule has 3 fully saturated rings. The van der Waals surface area contributed by atoms with Crippen molar-refractivity contribution in [1.82, 2.24) is 14.7 Å². The summed E-state index contributed by atoms with van der Waals surface area (Å²) in [5, 5.41) is 2.80. The molecule has 0 unspecified atom stereocenters. The SMILES string of the molecule is O=C(CN1CCN(CC(=O)N2CC[C@@H]3CCCC[C@@H]3C2)CC1)Nc1ccc(F)cc1. The molecule has 2 aliphatic heterocycles. The van der Waals surface area contributed by atoms with Crippen molar-refractivity contribution in [2.45, 2.75) is 32.1 Å². The van der Waals surface area contributed by atoms with Gasteiger partial charge in [-0.2, -0.15) is 0 Å². The van der Waals surface area contributed by atoms with E-state index >= 15 is 0 Å². The van der Waals surface area contributed by atoms with Crippen molar-refractivity contribution in [2.24, 2.45) is 11.8 Å². The molecular formula is C23H33FN4O2. The predicted octanol–water partition coefficient (Wildman–Crippen LogP) is 2.42. The molecule has 0 spiro atoms. The van der Waals surface area contributed by atoms with E-state index in [9.17, 15) is 14.0 Å². The van der Waals surface area contributed by atoms with E-state index in [2.05, 4.69) is 20.0 Å². The van der Waals surface area contributed by atoms with Gasteiger partial charge in [-0.1, -0.05) is 19.3 Å². The third-order valence-corrected chi connectivity index (χ3v) is 6.96. The lowest BCUT2D eigenvalue weighted by atomic mass is 9.75. The van der Waals surface area contributed by atoms with Gasteiger partial charge in [-0.05, 0) is 48.9 Å². The Morgan fingerprint density at radius 2 is 1.50 bits per heavy atom. The third kappa shape index (κ3) is 5.58. The highest BCUT2D eigenvalue weighted by Gasteiger charge is 2.33. The monoisotopic (exact) mass is 416 g/mol. The maximum atomic E-state index is 13.0. The number of benzene rings is 1. The summed E-state index contributed by atoms with van der Waals surface area (Å²) in [6.45, 7) is 5.83. The number of anilines is 1. The maximum absolute atomic E-state index is 13.0. The fourth-order valence-electron chi connectivity index (χ4n) is 5.16. The van der Waals surface area contributed by atoms with Gasteiger partial charge in [0.15, 0.2) is 0 Å². The first-order valence-electron chi connectivity index (χ1n) is 11.3. The van der Waals surface area contributed by atoms with E-state index in [0.29, 0.717) is 24.7 Å². The number of likely N-dealkylation sites (tertiary alicyclic amines) is 1. The summed E-state index contributed by atoms with van der Waals surface area (Å²) < 4.78 is 13.0. The number of hydrogen-bond donors (Lipinski definition) is 1. The van der Waals surface area contributed by atoms with Crippen molar-refractivity contribution in [3.05, 3.63) is 30.1 Å². The summed E-state index contributed by atoms with van der Waals surface area (Å²) in [7, 11) is 0. The Morgan fingerprint density at radius 1 is 0.867 bits per heavy atom. The highest BCUT2D eigenvalue weighted by Crippen LogP contribution is 2.36. The topological polar surface area (TPSA) is 55.9 Å². The lowest BCUT2D eigenvalue weighted by molar-refractivity contribution is -0.136. The molecule has 1 saturated carbocycles. The zero-order valence-corrected chi connectivity index (χ0v) is 17.7. The van der Waals surface area contributed by atoms with Gasteiger partial charge >= 0.3 is 0 Å². The second-order valence-corrected chi connectivity index (χ2v) is 9.04. The molecule has 30 heavy (non-hydrogen) atoms. The number of halogens is 1. The van der Waals surface area contributed by atoms with Gasteiger partial charge in [-0.15, -0.1) is 0 Å². The molecule has 1 aliphatic carbocycles. The molecule has 2 atom stereocenters. The normalized spacial score (nSPS) is 25.6. The van der Waals surface area contributed by atoms with E-state index in [4.69, 9.17) is 0 Å². The fourth-order valence-corrected chi connectivity index (χ4v) is 5.16. The van der Waals surface area contributed by atoms with Gasteiger partial charge in [0.05, 0.1) is 13.1 Å². The van der Waals surface area contributed by atoms with E-state index in [-0.39, 0.29) is 17.6 Å². The van der Waals surface area contributed by atoms with E-state index in [1.165, 1.54) is 44.2 Å². The highest BCUT2D eigenvalue weighted by atomic mass is 19.1. The van der Waals surface area contributed by atoms with Crippen molar-refractivity contribution in [1.29, 1.82) is 0 Å². The van der Waals surface area contributed by atoms with E-state index in [0.717, 1.165) is 45.2 Å². The molecule has 0 bridgehead atoms. The van der Waals surface area contributed by atoms with Gasteiger partial charge in [0.25, 0.3) is 0 Å². The van der Waals surface area contributed by atoms with Crippen LogP contribution in [0.2, 0.25) is 0 Å². The first-order valence-corrected chi connectivity index (χ1v) is 11.3. The van der Waals surface area contributed by atoms with Crippen LogP contribution in [0.3, 0.4) is 0 Å². The lowest BCUT2D eigenvalue weighted by Gasteiger charge is -2.42. The van der Waals surface area contributed by atoms with Crippen LogP contribution in [-0.4, -0.2) is 78.9 Å². The van der Waals surface area contributed by atoms with Crippen LogP contribution < -0.4 is 5.32 Å². The number of amides is 2. The van der Waals surface area contributed by atoms with E-state index < -0.39 is 0 Å². The summed E-state index contributed by atoms with van der Waals surface area (Å²) in [6, 6.07) is 5.80. The summed E-state index contributed by atoms with van der Waals surface area (Å²) >= 11 is 0. The minimum absolute atomic E-state index is 0.0958. The van der Waals surface area contributed by atoms with Crippen LogP contribution >= 0.6 is 0 Å². The smallest absolute Gasteiger partial charge is 0.238 e. The minimum Gasteiger partial charge on any atom is -0.341 e. The van der Waals surface area contributed by atoms with Gasteiger partial charge in [-0.3, -0.25) is 19.4 Å². The number of nitrogens with zero attached hydrogens (tertiary/aromatic N) is 3. The number of carbonyl (C=O) groups excluding carboxylic acids is 2. The third-order valence-electron chi connectivity index (χ3n) is 6.96. The van der Waals surface area contributed by atoms with Crippen molar-refractivity contribution in [3.8, 4) is 0 Å². The van der Waals surface area contributed by atoms with Gasteiger partial charge in [0.1, 0.15) is 5.82 Å². The van der Waals surface area contributed by atoms with Crippen molar-refractivity contribution in [3.63, 3.8) is 0 Å². The van der Waals surface area contributed by atoms with Gasteiger partial charge in [-0.25, -0.2) is 4.39 Å². The van der Waals surface area contributed by atoms with Crippen LogP contribution in [0.15, 0.2) is 24.3 Å². The van der Waals surface area contributed by atoms with Crippen LogP contribution in [0.25, 0.3) is 0 Å². The number of fused-ring (bicyclic) bond motifs is 1. The maximum Gasteiger partial charge on any atom is 0.238 e. The van der Waals surface area contributed by atoms with Gasteiger partial charge < -0.3 is 10.2 Å². The zero-order valence-electron chi connectivity index (χ0n) is 17.7. The number of rotatable bonds is 5. The second-order valence-electron chi connectivity index (χ2n) is 9.04. The van der Waals surface area contributed by atoms with Gasteiger partial charge in [0.2, 0.25) is 11.8 Å². The molecule has 0 radical (unpaired) electrons. The molecule has 6 nitrogen and oxygen atoms in total. The quantitative estimate of drug-likeness (QED) is 0.801. The number of hydrogen-bond acceptors (Lipinski definition) is 4. The molecule has 1 N–H and O–H groups in total. The molecule has 2 amide bonds. The lowest BCUT2D eigenvalue weighted by Crippen LogP contribution is -2.53. The van der Waals surface area contributed by atoms with Crippen LogP contribution in [0.1, 0.15) is 32.1 Å². The Hall–Kier alpha value is -1.99. The number of piperidine rings is 1. The van der Waals surface area contributed by atoms with E-state index in [1.807, 2.05) is 0 Å². The Balaban J connectivity index is 1.17. The fraction of sp³-hybridized carbons (Fsp3) is 0.652. The van der Waals surface area contributed by atoms with Crippen molar-refractivity contribution in [2.75, 3.05) is 57.7 Å². The number of carbonyl (C=O) groups is 2. The molecule has 164 valence electrons. The molecule has 0 aromatic heterocycles. The van der Waals surface area contributed by atoms with Gasteiger partial charge in [0, 0.05) is 45.0 Å². The summed E-state index contributed by atoms with van der Waals surface area (Å²) in [4.78, 5) is 31.4. The van der Waals surface area contributed by atoms with Crippen LogP contribution in [0.5, 0.6) is 0 Å². The van der Waals surface area contributed by atoms with Crippen LogP contribution in [-0.2, 0) is 9.59 Å². The number of piperazine rings is 1. The molecule has 2 heterocycles. The highest BCUT2D eigenvalue weighted by molar-refractivity contribution is 5.92. The molecule has 1 aromatic rings. The number of nitrogens with one attached hydrogen (secondary N) is 1. The second kappa shape index (κ2) is 9.88. The zero-order chi connectivity index (χ0) is 20.9. The van der Waals surface area contributed by atoms with Crippen molar-refractivity contribution >= 4 is 17.5 Å². The standard InChI is InChI=1S/C23H33FN4O2/c24-20-5-7-21(8-6-20)25-22(29)16-26-11-13-27(14-12-26)17-23(30)28-10-9-18-3-1-2-4-19(18)15-28/h5-8,18-19H,1-4,9-17H2,(H,25,29)/t18-,19+/m0/s1. The molecule has 2 saturated heterocycles. The Labute approximate surface area is 178 Å². The molecule has 4 rings (SSSR count). The summed E-state index contributed by atoms with van der Waals surface area (Å²) in [5.74, 6) is 1.41. The largest absolute Gasteiger partial charge is 0.341 e. The van der Waals surface area contributed by atoms with E-state index in [1.54, 1.807) is 12.1 Å². The Bertz CT molecular complexity index is 733. The Kier molecular flexibility index (Phi) is 7.00. The first kappa shape index (κ1) is 21.2. The molecular weight excluding hydrogens is 383 g/mol. The summed E-state index contributed by atoms with van der Waals surface area (Å²) in [5.41, 5.74) is 0.604. The first-order chi connectivity index (χ1) is 14.6. The molecule has 3 aliphatic rings. The minimum atomic E-state index is -0.318. The Morgan fingerprint density at radius 3 is 2.20 bits per heavy atom. The molecule has 1 aromatic carbocycles. The average molecular weight is 417 g/mol. The predicted molar refractivity (Wildman–Crippen MR) is 115 cm³/mol. The van der Waals surface area contributed by atoms with Crippen LogP contribution in [0, 0.1) is 17.7 Å².